The highest BCUT2D eigenvalue weighted by Crippen LogP contribution is 1.99. The Hall–Kier alpha value is -1.40. The van der Waals surface area contributed by atoms with Crippen LogP contribution in [0.2, 0.25) is 0 Å². The summed E-state index contributed by atoms with van der Waals surface area (Å²) in [5.74, 6) is 0. The summed E-state index contributed by atoms with van der Waals surface area (Å²) in [4.78, 5) is 8.35. The smallest absolute Gasteiger partial charge is 0.222 e. The van der Waals surface area contributed by atoms with E-state index in [-0.39, 0.29) is 0 Å². The van der Waals surface area contributed by atoms with Gasteiger partial charge in [0.2, 0.25) is 6.08 Å². The molecular weight excluding hydrogens is 138 g/mol. The molecule has 1 aromatic carbocycles. The lowest BCUT2D eigenvalue weighted by molar-refractivity contribution is 0.563. The highest BCUT2D eigenvalue weighted by Gasteiger charge is 1.79. The van der Waals surface area contributed by atoms with Crippen LogP contribution in [-0.2, 0) is 4.79 Å². The first-order chi connectivity index (χ1) is 5.20. The average Bonchev–Trinajstić information content (AvgIpc) is 1.97. The van der Waals surface area contributed by atoms with Crippen LogP contribution < -0.4 is 0 Å². The molecule has 0 fully saturated rings. The Morgan fingerprint density at radius 3 is 1.45 bits per heavy atom. The Bertz CT molecular complexity index is 211. The molecule has 0 aromatic heterocycles. The van der Waals surface area contributed by atoms with Crippen LogP contribution in [0.3, 0.4) is 0 Å². The average molecular weight is 149 g/mol. The van der Waals surface area contributed by atoms with Gasteiger partial charge in [-0.25, -0.2) is 10.2 Å². The maximum Gasteiger partial charge on any atom is 0.231 e. The van der Waals surface area contributed by atoms with E-state index >= 15 is 0 Å². The third kappa shape index (κ3) is 5.07. The first kappa shape index (κ1) is 9.60. The molecule has 1 rings (SSSR count). The summed E-state index contributed by atoms with van der Waals surface area (Å²) in [6, 6.07) is 8.48. The standard InChI is InChI=1S/C8H10.CHNO/c1-7-3-5-8(2)6-4-7;2-1-3/h3-6H,1-2H3;2H. The molecule has 58 valence electrons. The van der Waals surface area contributed by atoms with Crippen molar-refractivity contribution in [2.24, 2.45) is 0 Å². The van der Waals surface area contributed by atoms with E-state index in [0.717, 1.165) is 6.08 Å². The van der Waals surface area contributed by atoms with Crippen molar-refractivity contribution in [1.82, 2.24) is 0 Å². The number of hydrogen-bond donors (Lipinski definition) is 1. The fourth-order valence-corrected chi connectivity index (χ4v) is 0.637. The van der Waals surface area contributed by atoms with Gasteiger partial charge in [0.15, 0.2) is 0 Å². The van der Waals surface area contributed by atoms with E-state index in [1.165, 1.54) is 11.1 Å². The zero-order valence-electron chi connectivity index (χ0n) is 6.72. The van der Waals surface area contributed by atoms with Gasteiger partial charge in [-0.05, 0) is 13.8 Å². The van der Waals surface area contributed by atoms with Crippen LogP contribution in [0.1, 0.15) is 11.1 Å². The minimum absolute atomic E-state index is 0.750. The lowest BCUT2D eigenvalue weighted by Crippen LogP contribution is -1.70. The molecule has 0 aliphatic heterocycles. The van der Waals surface area contributed by atoms with Gasteiger partial charge < -0.3 is 0 Å². The largest absolute Gasteiger partial charge is 0.231 e. The van der Waals surface area contributed by atoms with E-state index in [1.54, 1.807) is 0 Å². The zero-order valence-corrected chi connectivity index (χ0v) is 6.72. The van der Waals surface area contributed by atoms with Crippen molar-refractivity contribution in [2.75, 3.05) is 0 Å². The second kappa shape index (κ2) is 5.39. The lowest BCUT2D eigenvalue weighted by Gasteiger charge is -1.90. The van der Waals surface area contributed by atoms with Gasteiger partial charge in [-0.3, -0.25) is 0 Å². The van der Waals surface area contributed by atoms with E-state index in [4.69, 9.17) is 10.2 Å². The molecule has 11 heavy (non-hydrogen) atoms. The van der Waals surface area contributed by atoms with Crippen LogP contribution >= 0.6 is 0 Å². The summed E-state index contributed by atoms with van der Waals surface area (Å²) >= 11 is 0. The minimum atomic E-state index is 0.750. The monoisotopic (exact) mass is 149 g/mol. The van der Waals surface area contributed by atoms with Crippen molar-refractivity contribution >= 4 is 6.08 Å². The highest BCUT2D eigenvalue weighted by molar-refractivity contribution is 5.26. The fourth-order valence-electron chi connectivity index (χ4n) is 0.637. The summed E-state index contributed by atoms with van der Waals surface area (Å²) in [7, 11) is 0. The Balaban J connectivity index is 0.000000292. The van der Waals surface area contributed by atoms with Gasteiger partial charge in [0, 0.05) is 0 Å². The molecule has 0 radical (unpaired) electrons. The van der Waals surface area contributed by atoms with Crippen LogP contribution in [0, 0.1) is 19.3 Å². The molecule has 0 spiro atoms. The van der Waals surface area contributed by atoms with Gasteiger partial charge >= 0.3 is 0 Å². The van der Waals surface area contributed by atoms with Gasteiger partial charge in [0.05, 0.1) is 0 Å². The van der Waals surface area contributed by atoms with Gasteiger partial charge in [0.25, 0.3) is 0 Å². The molecule has 0 aliphatic rings. The molecule has 0 heterocycles. The van der Waals surface area contributed by atoms with E-state index in [1.807, 2.05) is 0 Å². The summed E-state index contributed by atoms with van der Waals surface area (Å²) in [6.45, 7) is 4.19. The molecule has 2 heteroatoms. The second-order valence-corrected chi connectivity index (χ2v) is 2.26. The van der Waals surface area contributed by atoms with Crippen LogP contribution in [0.25, 0.3) is 0 Å². The zero-order chi connectivity index (χ0) is 8.69. The quantitative estimate of drug-likeness (QED) is 0.446. The van der Waals surface area contributed by atoms with Gasteiger partial charge in [-0.15, -0.1) is 0 Å². The molecular formula is C9H11NO. The molecule has 2 nitrogen and oxygen atoms in total. The molecule has 1 N–H and O–H groups in total. The molecule has 0 unspecified atom stereocenters. The van der Waals surface area contributed by atoms with Gasteiger partial charge in [-0.1, -0.05) is 35.4 Å². The molecule has 0 atom stereocenters. The SMILES string of the molecule is Cc1ccc(C)cc1.N=C=O. The van der Waals surface area contributed by atoms with E-state index < -0.39 is 0 Å². The number of isocyanates is 1. The van der Waals surface area contributed by atoms with E-state index in [9.17, 15) is 0 Å². The Morgan fingerprint density at radius 2 is 1.27 bits per heavy atom. The molecule has 0 aliphatic carbocycles. The van der Waals surface area contributed by atoms with Gasteiger partial charge in [0.1, 0.15) is 0 Å². The first-order valence-corrected chi connectivity index (χ1v) is 3.28. The number of rotatable bonds is 0. The minimum Gasteiger partial charge on any atom is -0.222 e. The van der Waals surface area contributed by atoms with Gasteiger partial charge in [-0.2, -0.15) is 0 Å². The van der Waals surface area contributed by atoms with Crippen molar-refractivity contribution in [3.63, 3.8) is 0 Å². The first-order valence-electron chi connectivity index (χ1n) is 3.28. The lowest BCUT2D eigenvalue weighted by atomic mass is 10.2. The predicted molar refractivity (Wildman–Crippen MR) is 44.3 cm³/mol. The number of aryl methyl sites for hydroxylation is 2. The normalized spacial score (nSPS) is 7.45. The fraction of sp³-hybridized carbons (Fsp3) is 0.222. The molecule has 1 aromatic rings. The number of nitrogens with one attached hydrogen (secondary N) is 1. The van der Waals surface area contributed by atoms with Crippen LogP contribution in [-0.4, -0.2) is 6.08 Å². The second-order valence-electron chi connectivity index (χ2n) is 2.26. The van der Waals surface area contributed by atoms with Crippen LogP contribution in [0.4, 0.5) is 0 Å². The summed E-state index contributed by atoms with van der Waals surface area (Å²) in [5.41, 5.74) is 2.66. The Labute approximate surface area is 66.4 Å². The van der Waals surface area contributed by atoms with Crippen molar-refractivity contribution in [1.29, 1.82) is 5.41 Å². The number of benzene rings is 1. The van der Waals surface area contributed by atoms with Crippen molar-refractivity contribution in [2.45, 2.75) is 13.8 Å². The van der Waals surface area contributed by atoms with Crippen molar-refractivity contribution in [3.05, 3.63) is 35.4 Å². The molecule has 0 saturated heterocycles. The topological polar surface area (TPSA) is 40.9 Å². The van der Waals surface area contributed by atoms with Crippen LogP contribution in [0.5, 0.6) is 0 Å². The van der Waals surface area contributed by atoms with Crippen molar-refractivity contribution < 1.29 is 4.79 Å². The third-order valence-corrected chi connectivity index (χ3v) is 1.22. The molecule has 0 saturated carbocycles. The van der Waals surface area contributed by atoms with Crippen LogP contribution in [0.15, 0.2) is 24.3 Å². The maximum atomic E-state index is 8.35. The predicted octanol–water partition coefficient (Wildman–Crippen LogP) is 2.20. The maximum absolute atomic E-state index is 8.35. The molecule has 0 bridgehead atoms. The summed E-state index contributed by atoms with van der Waals surface area (Å²) < 4.78 is 0. The Morgan fingerprint density at radius 1 is 1.09 bits per heavy atom. The Kier molecular flexibility index (Phi) is 4.70. The highest BCUT2D eigenvalue weighted by atomic mass is 16.1. The number of hydrogen-bond acceptors (Lipinski definition) is 2. The number of carbonyl (C=O) groups excluding carboxylic acids is 1. The summed E-state index contributed by atoms with van der Waals surface area (Å²) in [6.07, 6.45) is 0.750. The van der Waals surface area contributed by atoms with E-state index in [2.05, 4.69) is 38.1 Å². The van der Waals surface area contributed by atoms with E-state index in [0.29, 0.717) is 0 Å². The molecule has 0 amide bonds. The van der Waals surface area contributed by atoms with Crippen molar-refractivity contribution in [3.8, 4) is 0 Å². The summed E-state index contributed by atoms with van der Waals surface area (Å²) in [5, 5.41) is 5.40. The third-order valence-electron chi connectivity index (χ3n) is 1.22.